The van der Waals surface area contributed by atoms with Gasteiger partial charge in [0, 0.05) is 19.1 Å². The molecule has 0 bridgehead atoms. The SMILES string of the molecule is CCN1CC(CC(C)(C)C)CC(NC(=O)OC(C)(C)C)C1. The van der Waals surface area contributed by atoms with Crippen LogP contribution < -0.4 is 5.32 Å². The molecule has 2 unspecified atom stereocenters. The molecule has 1 aliphatic rings. The maximum atomic E-state index is 12.0. The first-order valence-corrected chi connectivity index (χ1v) is 8.20. The minimum Gasteiger partial charge on any atom is -0.444 e. The van der Waals surface area contributed by atoms with E-state index in [2.05, 4.69) is 37.9 Å². The quantitative estimate of drug-likeness (QED) is 0.864. The van der Waals surface area contributed by atoms with Gasteiger partial charge < -0.3 is 15.0 Å². The molecule has 21 heavy (non-hydrogen) atoms. The minimum absolute atomic E-state index is 0.195. The first-order valence-electron chi connectivity index (χ1n) is 8.20. The number of carbonyl (C=O) groups excluding carboxylic acids is 1. The molecule has 4 heteroatoms. The standard InChI is InChI=1S/C17H34N2O2/c1-8-19-11-13(10-16(2,3)4)9-14(12-19)18-15(20)21-17(5,6)7/h13-14H,8-12H2,1-7H3,(H,18,20). The topological polar surface area (TPSA) is 41.6 Å². The highest BCUT2D eigenvalue weighted by Gasteiger charge is 2.31. The second-order valence-corrected chi connectivity index (χ2v) is 8.56. The summed E-state index contributed by atoms with van der Waals surface area (Å²) in [6.45, 7) is 17.8. The van der Waals surface area contributed by atoms with Crippen LogP contribution in [0.4, 0.5) is 4.79 Å². The number of amides is 1. The third-order valence-electron chi connectivity index (χ3n) is 3.68. The van der Waals surface area contributed by atoms with Gasteiger partial charge in [0.2, 0.25) is 0 Å². The van der Waals surface area contributed by atoms with Crippen LogP contribution in [-0.4, -0.2) is 42.3 Å². The second-order valence-electron chi connectivity index (χ2n) is 8.56. The van der Waals surface area contributed by atoms with Crippen LogP contribution in [-0.2, 0) is 4.74 Å². The van der Waals surface area contributed by atoms with Crippen molar-refractivity contribution in [1.29, 1.82) is 0 Å². The summed E-state index contributed by atoms with van der Waals surface area (Å²) < 4.78 is 5.38. The number of hydrogen-bond acceptors (Lipinski definition) is 3. The van der Waals surface area contributed by atoms with Crippen molar-refractivity contribution >= 4 is 6.09 Å². The Morgan fingerprint density at radius 2 is 1.81 bits per heavy atom. The zero-order valence-electron chi connectivity index (χ0n) is 15.0. The van der Waals surface area contributed by atoms with Crippen LogP contribution in [0, 0.1) is 11.3 Å². The van der Waals surface area contributed by atoms with Crippen LogP contribution in [0.5, 0.6) is 0 Å². The van der Waals surface area contributed by atoms with E-state index < -0.39 is 5.60 Å². The summed E-state index contributed by atoms with van der Waals surface area (Å²) in [5.41, 5.74) is -0.105. The number of carbonyl (C=O) groups is 1. The third kappa shape index (κ3) is 7.70. The van der Waals surface area contributed by atoms with Gasteiger partial charge in [-0.2, -0.15) is 0 Å². The van der Waals surface area contributed by atoms with Gasteiger partial charge >= 0.3 is 6.09 Å². The number of alkyl carbamates (subject to hydrolysis) is 1. The van der Waals surface area contributed by atoms with Gasteiger partial charge in [0.25, 0.3) is 0 Å². The predicted octanol–water partition coefficient (Wildman–Crippen LogP) is 3.66. The van der Waals surface area contributed by atoms with Crippen molar-refractivity contribution in [3.8, 4) is 0 Å². The Bertz CT molecular complexity index is 342. The molecule has 1 heterocycles. The number of likely N-dealkylation sites (tertiary alicyclic amines) is 1. The average Bonchev–Trinajstić information content (AvgIpc) is 2.22. The van der Waals surface area contributed by atoms with E-state index in [0.29, 0.717) is 11.3 Å². The molecule has 0 radical (unpaired) electrons. The molecular weight excluding hydrogens is 264 g/mol. The number of piperidine rings is 1. The summed E-state index contributed by atoms with van der Waals surface area (Å²) in [4.78, 5) is 14.4. The van der Waals surface area contributed by atoms with E-state index in [1.165, 1.54) is 6.42 Å². The van der Waals surface area contributed by atoms with Gasteiger partial charge in [-0.05, 0) is 51.5 Å². The highest BCUT2D eigenvalue weighted by Crippen LogP contribution is 2.30. The van der Waals surface area contributed by atoms with Crippen LogP contribution in [0.3, 0.4) is 0 Å². The van der Waals surface area contributed by atoms with Crippen molar-refractivity contribution in [3.63, 3.8) is 0 Å². The Labute approximate surface area is 130 Å². The third-order valence-corrected chi connectivity index (χ3v) is 3.68. The Morgan fingerprint density at radius 1 is 1.19 bits per heavy atom. The first-order chi connectivity index (χ1) is 9.48. The van der Waals surface area contributed by atoms with Gasteiger partial charge in [0.1, 0.15) is 5.60 Å². The molecule has 0 aliphatic carbocycles. The molecule has 1 amide bonds. The summed E-state index contributed by atoms with van der Waals surface area (Å²) in [5.74, 6) is 0.638. The van der Waals surface area contributed by atoms with Crippen LogP contribution in [0.1, 0.15) is 61.3 Å². The molecule has 124 valence electrons. The molecule has 2 atom stereocenters. The molecule has 1 aliphatic heterocycles. The lowest BCUT2D eigenvalue weighted by molar-refractivity contribution is 0.0437. The Kier molecular flexibility index (Phi) is 6.09. The van der Waals surface area contributed by atoms with Crippen molar-refractivity contribution < 1.29 is 9.53 Å². The average molecular weight is 298 g/mol. The predicted molar refractivity (Wildman–Crippen MR) is 87.5 cm³/mol. The molecule has 0 spiro atoms. The number of nitrogens with one attached hydrogen (secondary N) is 1. The molecule has 1 fully saturated rings. The van der Waals surface area contributed by atoms with Gasteiger partial charge in [-0.15, -0.1) is 0 Å². The number of likely N-dealkylation sites (N-methyl/N-ethyl adjacent to an activating group) is 1. The van der Waals surface area contributed by atoms with Crippen LogP contribution in [0.25, 0.3) is 0 Å². The summed E-state index contributed by atoms with van der Waals surface area (Å²) in [6.07, 6.45) is 1.95. The smallest absolute Gasteiger partial charge is 0.407 e. The molecule has 4 nitrogen and oxygen atoms in total. The lowest BCUT2D eigenvalue weighted by atomic mass is 9.80. The molecule has 1 N–H and O–H groups in total. The van der Waals surface area contributed by atoms with Crippen molar-refractivity contribution in [2.45, 2.75) is 73.0 Å². The molecule has 0 saturated carbocycles. The van der Waals surface area contributed by atoms with Crippen LogP contribution in [0.2, 0.25) is 0 Å². The van der Waals surface area contributed by atoms with Gasteiger partial charge in [0.05, 0.1) is 0 Å². The fourth-order valence-corrected chi connectivity index (χ4v) is 3.15. The Hall–Kier alpha value is -0.770. The van der Waals surface area contributed by atoms with Crippen molar-refractivity contribution in [3.05, 3.63) is 0 Å². The normalized spacial score (nSPS) is 24.7. The van der Waals surface area contributed by atoms with Crippen LogP contribution in [0.15, 0.2) is 0 Å². The van der Waals surface area contributed by atoms with Crippen molar-refractivity contribution in [1.82, 2.24) is 10.2 Å². The molecule has 0 aromatic carbocycles. The molecule has 1 saturated heterocycles. The van der Waals surface area contributed by atoms with E-state index in [1.807, 2.05) is 20.8 Å². The van der Waals surface area contributed by atoms with Gasteiger partial charge in [-0.25, -0.2) is 4.79 Å². The van der Waals surface area contributed by atoms with Crippen molar-refractivity contribution in [2.24, 2.45) is 11.3 Å². The van der Waals surface area contributed by atoms with Crippen LogP contribution >= 0.6 is 0 Å². The summed E-state index contributed by atoms with van der Waals surface area (Å²) >= 11 is 0. The summed E-state index contributed by atoms with van der Waals surface area (Å²) in [7, 11) is 0. The molecule has 1 rings (SSSR count). The second kappa shape index (κ2) is 6.99. The van der Waals surface area contributed by atoms with E-state index in [9.17, 15) is 4.79 Å². The minimum atomic E-state index is -0.437. The van der Waals surface area contributed by atoms with E-state index in [-0.39, 0.29) is 12.1 Å². The maximum absolute atomic E-state index is 12.0. The fraction of sp³-hybridized carbons (Fsp3) is 0.941. The largest absolute Gasteiger partial charge is 0.444 e. The Morgan fingerprint density at radius 3 is 2.29 bits per heavy atom. The summed E-state index contributed by atoms with van der Waals surface area (Å²) in [6, 6.07) is 0.195. The molecular formula is C17H34N2O2. The van der Waals surface area contributed by atoms with E-state index in [0.717, 1.165) is 26.1 Å². The lowest BCUT2D eigenvalue weighted by Crippen LogP contribution is -2.52. The zero-order valence-corrected chi connectivity index (χ0v) is 15.0. The number of hydrogen-bond donors (Lipinski definition) is 1. The highest BCUT2D eigenvalue weighted by molar-refractivity contribution is 5.68. The van der Waals surface area contributed by atoms with Gasteiger partial charge in [-0.3, -0.25) is 0 Å². The monoisotopic (exact) mass is 298 g/mol. The van der Waals surface area contributed by atoms with Gasteiger partial charge in [0.15, 0.2) is 0 Å². The maximum Gasteiger partial charge on any atom is 0.407 e. The number of ether oxygens (including phenoxy) is 1. The number of nitrogens with zero attached hydrogens (tertiary/aromatic N) is 1. The molecule has 0 aromatic rings. The fourth-order valence-electron chi connectivity index (χ4n) is 3.15. The summed E-state index contributed by atoms with van der Waals surface area (Å²) in [5, 5.41) is 3.05. The van der Waals surface area contributed by atoms with E-state index in [1.54, 1.807) is 0 Å². The van der Waals surface area contributed by atoms with E-state index in [4.69, 9.17) is 4.74 Å². The highest BCUT2D eigenvalue weighted by atomic mass is 16.6. The first kappa shape index (κ1) is 18.3. The van der Waals surface area contributed by atoms with Crippen molar-refractivity contribution in [2.75, 3.05) is 19.6 Å². The van der Waals surface area contributed by atoms with E-state index >= 15 is 0 Å². The number of rotatable bonds is 3. The molecule has 0 aromatic heterocycles. The van der Waals surface area contributed by atoms with Gasteiger partial charge in [-0.1, -0.05) is 27.7 Å². The Balaban J connectivity index is 2.58. The zero-order chi connectivity index (χ0) is 16.3. The lowest BCUT2D eigenvalue weighted by Gasteiger charge is -2.39.